The predicted molar refractivity (Wildman–Crippen MR) is 117 cm³/mol. The van der Waals surface area contributed by atoms with Crippen LogP contribution in [0.3, 0.4) is 0 Å². The normalized spacial score (nSPS) is 21.8. The summed E-state index contributed by atoms with van der Waals surface area (Å²) in [6.45, 7) is 6.91. The standard InChI is InChI=1S/C25H28N2O4/c1-25(2,3)31-24(29)27-14-16-12-17(27)13-26(16)23(28)30-15-22-20-10-6-4-8-18(20)19-9-5-7-11-21(19)22/h4-11,16-17,22H,12-15H2,1-3H3/t16-,17-/m1/s1. The minimum atomic E-state index is -0.522. The molecule has 2 atom stereocenters. The molecule has 0 N–H and O–H groups in total. The third-order valence-corrected chi connectivity index (χ3v) is 6.44. The molecule has 0 aromatic heterocycles. The molecule has 0 unspecified atom stereocenters. The second-order valence-corrected chi connectivity index (χ2v) is 9.63. The van der Waals surface area contributed by atoms with Crippen LogP contribution in [0.4, 0.5) is 9.59 Å². The topological polar surface area (TPSA) is 59.1 Å². The molecule has 2 amide bonds. The highest BCUT2D eigenvalue weighted by Crippen LogP contribution is 2.44. The fraction of sp³-hybridized carbons (Fsp3) is 0.440. The van der Waals surface area contributed by atoms with Gasteiger partial charge in [-0.3, -0.25) is 0 Å². The van der Waals surface area contributed by atoms with Crippen molar-refractivity contribution in [2.75, 3.05) is 19.7 Å². The van der Waals surface area contributed by atoms with E-state index in [-0.39, 0.29) is 30.2 Å². The van der Waals surface area contributed by atoms with E-state index in [0.717, 1.165) is 6.42 Å². The summed E-state index contributed by atoms with van der Waals surface area (Å²) >= 11 is 0. The number of fused-ring (bicyclic) bond motifs is 5. The number of nitrogens with zero attached hydrogens (tertiary/aromatic N) is 2. The van der Waals surface area contributed by atoms with Crippen molar-refractivity contribution < 1.29 is 19.1 Å². The molecule has 2 aliphatic heterocycles. The number of carbonyl (C=O) groups excluding carboxylic acids is 2. The van der Waals surface area contributed by atoms with Crippen molar-refractivity contribution in [2.24, 2.45) is 0 Å². The Morgan fingerprint density at radius 1 is 0.871 bits per heavy atom. The summed E-state index contributed by atoms with van der Waals surface area (Å²) in [6, 6.07) is 16.6. The van der Waals surface area contributed by atoms with E-state index in [1.165, 1.54) is 22.3 Å². The Labute approximate surface area is 182 Å². The first-order valence-electron chi connectivity index (χ1n) is 10.9. The summed E-state index contributed by atoms with van der Waals surface area (Å²) in [7, 11) is 0. The van der Waals surface area contributed by atoms with Crippen LogP contribution in [0.15, 0.2) is 48.5 Å². The van der Waals surface area contributed by atoms with Crippen molar-refractivity contribution in [3.8, 4) is 11.1 Å². The molecule has 162 valence electrons. The zero-order valence-electron chi connectivity index (χ0n) is 18.2. The zero-order chi connectivity index (χ0) is 21.8. The van der Waals surface area contributed by atoms with Gasteiger partial charge in [0, 0.05) is 19.0 Å². The van der Waals surface area contributed by atoms with Gasteiger partial charge >= 0.3 is 12.2 Å². The van der Waals surface area contributed by atoms with E-state index >= 15 is 0 Å². The van der Waals surface area contributed by atoms with Gasteiger partial charge < -0.3 is 19.3 Å². The summed E-state index contributed by atoms with van der Waals surface area (Å²) in [5, 5.41) is 0. The summed E-state index contributed by atoms with van der Waals surface area (Å²) in [5.74, 6) is 0.0504. The van der Waals surface area contributed by atoms with Crippen molar-refractivity contribution in [2.45, 2.75) is 50.8 Å². The second-order valence-electron chi connectivity index (χ2n) is 9.63. The maximum Gasteiger partial charge on any atom is 0.410 e. The quantitative estimate of drug-likeness (QED) is 0.711. The molecular formula is C25H28N2O4. The Morgan fingerprint density at radius 3 is 1.90 bits per heavy atom. The smallest absolute Gasteiger partial charge is 0.410 e. The van der Waals surface area contributed by atoms with Crippen LogP contribution < -0.4 is 0 Å². The van der Waals surface area contributed by atoms with Crippen molar-refractivity contribution in [1.82, 2.24) is 9.80 Å². The molecule has 1 aliphatic carbocycles. The summed E-state index contributed by atoms with van der Waals surface area (Å²) in [5.41, 5.74) is 4.32. The van der Waals surface area contributed by atoms with E-state index < -0.39 is 5.60 Å². The molecule has 2 aromatic rings. The van der Waals surface area contributed by atoms with Gasteiger partial charge in [0.25, 0.3) is 0 Å². The monoisotopic (exact) mass is 420 g/mol. The van der Waals surface area contributed by atoms with Gasteiger partial charge in [0.2, 0.25) is 0 Å². The average molecular weight is 421 g/mol. The highest BCUT2D eigenvalue weighted by Gasteiger charge is 2.49. The zero-order valence-corrected chi connectivity index (χ0v) is 18.2. The number of piperazine rings is 1. The first kappa shape index (κ1) is 19.9. The van der Waals surface area contributed by atoms with E-state index in [0.29, 0.717) is 19.7 Å². The van der Waals surface area contributed by atoms with Crippen molar-refractivity contribution in [1.29, 1.82) is 0 Å². The largest absolute Gasteiger partial charge is 0.448 e. The molecule has 0 radical (unpaired) electrons. The highest BCUT2D eigenvalue weighted by atomic mass is 16.6. The predicted octanol–water partition coefficient (Wildman–Crippen LogP) is 4.63. The van der Waals surface area contributed by atoms with Gasteiger partial charge in [-0.25, -0.2) is 9.59 Å². The first-order chi connectivity index (χ1) is 14.8. The van der Waals surface area contributed by atoms with Crippen LogP contribution in [0.2, 0.25) is 0 Å². The molecule has 0 spiro atoms. The number of ether oxygens (including phenoxy) is 2. The van der Waals surface area contributed by atoms with Gasteiger partial charge in [0.1, 0.15) is 12.2 Å². The van der Waals surface area contributed by atoms with Crippen molar-refractivity contribution in [3.63, 3.8) is 0 Å². The van der Waals surface area contributed by atoms with E-state index in [1.54, 1.807) is 9.80 Å². The molecule has 2 aromatic carbocycles. The van der Waals surface area contributed by atoms with Gasteiger partial charge in [0.05, 0.1) is 12.1 Å². The Bertz CT molecular complexity index is 983. The Kier molecular flexibility index (Phi) is 4.68. The number of likely N-dealkylation sites (tertiary alicyclic amines) is 2. The van der Waals surface area contributed by atoms with Crippen LogP contribution in [0.25, 0.3) is 11.1 Å². The SMILES string of the molecule is CC(C)(C)OC(=O)N1C[C@H]2C[C@@H]1CN2C(=O)OCC1c2ccccc2-c2ccccc21. The van der Waals surface area contributed by atoms with Crippen molar-refractivity contribution in [3.05, 3.63) is 59.7 Å². The first-order valence-corrected chi connectivity index (χ1v) is 10.9. The van der Waals surface area contributed by atoms with Gasteiger partial charge in [-0.05, 0) is 49.4 Å². The summed E-state index contributed by atoms with van der Waals surface area (Å²) < 4.78 is 11.3. The van der Waals surface area contributed by atoms with Gasteiger partial charge in [-0.2, -0.15) is 0 Å². The summed E-state index contributed by atoms with van der Waals surface area (Å²) in [4.78, 5) is 28.8. The van der Waals surface area contributed by atoms with Gasteiger partial charge in [0.15, 0.2) is 0 Å². The van der Waals surface area contributed by atoms with Crippen LogP contribution in [-0.2, 0) is 9.47 Å². The highest BCUT2D eigenvalue weighted by molar-refractivity contribution is 5.79. The third-order valence-electron chi connectivity index (χ3n) is 6.44. The lowest BCUT2D eigenvalue weighted by atomic mass is 9.98. The average Bonchev–Trinajstić information content (AvgIpc) is 3.42. The number of hydrogen-bond acceptors (Lipinski definition) is 4. The second kappa shape index (κ2) is 7.29. The number of benzene rings is 2. The van der Waals surface area contributed by atoms with E-state index in [9.17, 15) is 9.59 Å². The molecule has 2 heterocycles. The number of carbonyl (C=O) groups is 2. The van der Waals surface area contributed by atoms with E-state index in [2.05, 4.69) is 24.3 Å². The number of rotatable bonds is 2. The fourth-order valence-corrected chi connectivity index (χ4v) is 5.11. The lowest BCUT2D eigenvalue weighted by molar-refractivity contribution is 0.0114. The Balaban J connectivity index is 1.23. The van der Waals surface area contributed by atoms with Gasteiger partial charge in [-0.15, -0.1) is 0 Å². The molecule has 2 saturated heterocycles. The molecule has 2 fully saturated rings. The molecule has 3 aliphatic rings. The molecule has 5 rings (SSSR count). The summed E-state index contributed by atoms with van der Waals surface area (Å²) in [6.07, 6.45) is 0.189. The van der Waals surface area contributed by atoms with Gasteiger partial charge in [-0.1, -0.05) is 48.5 Å². The van der Waals surface area contributed by atoms with Crippen molar-refractivity contribution >= 4 is 12.2 Å². The van der Waals surface area contributed by atoms with E-state index in [1.807, 2.05) is 45.0 Å². The van der Waals surface area contributed by atoms with Crippen LogP contribution in [0, 0.1) is 0 Å². The molecule has 6 heteroatoms. The minimum Gasteiger partial charge on any atom is -0.448 e. The molecule has 31 heavy (non-hydrogen) atoms. The molecule has 0 saturated carbocycles. The van der Waals surface area contributed by atoms with Crippen LogP contribution >= 0.6 is 0 Å². The lowest BCUT2D eigenvalue weighted by Crippen LogP contribution is -2.51. The maximum absolute atomic E-state index is 12.9. The number of amides is 2. The van der Waals surface area contributed by atoms with Crippen LogP contribution in [-0.4, -0.2) is 59.4 Å². The third kappa shape index (κ3) is 3.54. The maximum atomic E-state index is 12.9. The van der Waals surface area contributed by atoms with Crippen LogP contribution in [0.5, 0.6) is 0 Å². The lowest BCUT2D eigenvalue weighted by Gasteiger charge is -2.34. The van der Waals surface area contributed by atoms with Crippen LogP contribution in [0.1, 0.15) is 44.2 Å². The fourth-order valence-electron chi connectivity index (χ4n) is 5.11. The Hall–Kier alpha value is -3.02. The molecular weight excluding hydrogens is 392 g/mol. The number of hydrogen-bond donors (Lipinski definition) is 0. The van der Waals surface area contributed by atoms with E-state index in [4.69, 9.17) is 9.47 Å². The molecule has 2 bridgehead atoms. The minimum absolute atomic E-state index is 0.000308. The molecule has 6 nitrogen and oxygen atoms in total. The Morgan fingerprint density at radius 2 is 1.39 bits per heavy atom.